The van der Waals surface area contributed by atoms with Crippen molar-refractivity contribution in [3.8, 4) is 0 Å². The topological polar surface area (TPSA) is 84.9 Å². The lowest BCUT2D eigenvalue weighted by atomic mass is 10.3. The van der Waals surface area contributed by atoms with E-state index in [1.165, 1.54) is 10.8 Å². The SMILES string of the molecule is Brc1ccccc1Br.Nc1cccc(Br)c1Br.O=[N+]([O-])c1cccc(Br)c1Br.S=c1[nH]c2cccc(Br)c2s1. The van der Waals surface area contributed by atoms with Crippen LogP contribution >= 0.6 is 135 Å². The minimum atomic E-state index is -0.436. The molecule has 1 aromatic heterocycles. The first-order chi connectivity index (χ1) is 18.4. The highest BCUT2D eigenvalue weighted by Gasteiger charge is 2.12. The molecule has 5 nitrogen and oxygen atoms in total. The lowest BCUT2D eigenvalue weighted by Crippen LogP contribution is -1.88. The number of hydrogen-bond donors (Lipinski definition) is 2. The quantitative estimate of drug-likeness (QED) is 0.0758. The first-order valence-corrected chi connectivity index (χ1v) is 17.1. The number of anilines is 1. The molecule has 204 valence electrons. The Morgan fingerprint density at radius 1 is 0.692 bits per heavy atom. The molecule has 1 heterocycles. The van der Waals surface area contributed by atoms with Crippen molar-refractivity contribution in [1.29, 1.82) is 0 Å². The highest BCUT2D eigenvalue weighted by molar-refractivity contribution is 9.13. The second-order valence-electron chi connectivity index (χ2n) is 7.02. The molecule has 4 aromatic carbocycles. The highest BCUT2D eigenvalue weighted by atomic mass is 79.9. The van der Waals surface area contributed by atoms with Crippen molar-refractivity contribution in [2.75, 3.05) is 5.73 Å². The number of aromatic amines is 1. The molecule has 0 saturated heterocycles. The van der Waals surface area contributed by atoms with E-state index in [2.05, 4.69) is 116 Å². The van der Waals surface area contributed by atoms with E-state index >= 15 is 0 Å². The zero-order chi connectivity index (χ0) is 29.1. The Morgan fingerprint density at radius 2 is 1.18 bits per heavy atom. The fourth-order valence-corrected chi connectivity index (χ4v) is 6.22. The number of rotatable bonds is 1. The smallest absolute Gasteiger partial charge is 0.284 e. The van der Waals surface area contributed by atoms with Gasteiger partial charge >= 0.3 is 0 Å². The Hall–Kier alpha value is -0.450. The van der Waals surface area contributed by atoms with E-state index < -0.39 is 4.92 Å². The molecule has 39 heavy (non-hydrogen) atoms. The van der Waals surface area contributed by atoms with Gasteiger partial charge in [-0.25, -0.2) is 0 Å². The second kappa shape index (κ2) is 17.5. The summed E-state index contributed by atoms with van der Waals surface area (Å²) in [4.78, 5) is 13.0. The van der Waals surface area contributed by atoms with Gasteiger partial charge in [-0.15, -0.1) is 11.3 Å². The molecule has 14 heteroatoms. The number of hydrogen-bond acceptors (Lipinski definition) is 5. The van der Waals surface area contributed by atoms with E-state index in [1.807, 2.05) is 60.7 Å². The molecule has 0 spiro atoms. The zero-order valence-electron chi connectivity index (χ0n) is 19.3. The van der Waals surface area contributed by atoms with Crippen molar-refractivity contribution in [3.05, 3.63) is 124 Å². The molecule has 0 fully saturated rings. The number of nitrogens with two attached hydrogens (primary N) is 1. The summed E-state index contributed by atoms with van der Waals surface area (Å²) >= 11 is 29.6. The number of nitrogen functional groups attached to an aromatic ring is 1. The number of halogens is 7. The summed E-state index contributed by atoms with van der Waals surface area (Å²) in [6, 6.07) is 24.4. The van der Waals surface area contributed by atoms with Gasteiger partial charge in [0.2, 0.25) is 0 Å². The predicted octanol–water partition coefficient (Wildman–Crippen LogP) is 12.8. The molecule has 0 bridgehead atoms. The fraction of sp³-hybridized carbons (Fsp3) is 0. The Morgan fingerprint density at radius 3 is 1.64 bits per heavy atom. The van der Waals surface area contributed by atoms with Crippen molar-refractivity contribution in [2.45, 2.75) is 0 Å². The molecule has 5 aromatic rings. The lowest BCUT2D eigenvalue weighted by Gasteiger charge is -1.97. The third-order valence-corrected chi connectivity index (χ3v) is 12.6. The van der Waals surface area contributed by atoms with Gasteiger partial charge in [-0.3, -0.25) is 10.1 Å². The lowest BCUT2D eigenvalue weighted by molar-refractivity contribution is -0.385. The number of thiazole rings is 1. The summed E-state index contributed by atoms with van der Waals surface area (Å²) in [5.41, 5.74) is 7.47. The molecule has 0 atom stereocenters. The second-order valence-corrected chi connectivity index (χ2v) is 14.6. The maximum atomic E-state index is 10.3. The van der Waals surface area contributed by atoms with Crippen LogP contribution in [0.2, 0.25) is 0 Å². The summed E-state index contributed by atoms with van der Waals surface area (Å²) in [6.07, 6.45) is 0. The van der Waals surface area contributed by atoms with Crippen molar-refractivity contribution in [2.24, 2.45) is 0 Å². The van der Waals surface area contributed by atoms with E-state index in [-0.39, 0.29) is 5.69 Å². The number of nitrogens with zero attached hydrogens (tertiary/aromatic N) is 1. The standard InChI is InChI=1S/C7H4BrNS2.C6H3Br2NO2.C6H5Br2N.C6H4Br2/c8-4-2-1-3-5-6(4)11-7(10)9-5;7-4-2-1-3-5(6(4)8)9(10)11;7-4-2-1-3-5(9)6(4)8;7-5-3-1-2-4-6(5)8/h1-3H,(H,9,10);1-3H;1-3H,9H2;1-4H. The van der Waals surface area contributed by atoms with Crippen LogP contribution in [0.5, 0.6) is 0 Å². The molecule has 0 radical (unpaired) electrons. The number of fused-ring (bicyclic) bond motifs is 1. The number of nitro benzene ring substituents is 1. The van der Waals surface area contributed by atoms with Gasteiger partial charge in [-0.05, 0) is 166 Å². The molecule has 0 aliphatic carbocycles. The normalized spacial score (nSPS) is 9.82. The monoisotopic (exact) mass is 1010 g/mol. The minimum absolute atomic E-state index is 0.0689. The van der Waals surface area contributed by atoms with Crippen LogP contribution in [0.1, 0.15) is 0 Å². The van der Waals surface area contributed by atoms with Crippen LogP contribution in [0.3, 0.4) is 0 Å². The van der Waals surface area contributed by atoms with Gasteiger partial charge in [-0.2, -0.15) is 0 Å². The molecular formula is C25H16Br7N3O2S2. The Balaban J connectivity index is 0.000000184. The number of nitro groups is 1. The van der Waals surface area contributed by atoms with Crippen LogP contribution in [0.4, 0.5) is 11.4 Å². The largest absolute Gasteiger partial charge is 0.398 e. The van der Waals surface area contributed by atoms with E-state index in [4.69, 9.17) is 18.0 Å². The third-order valence-electron chi connectivity index (χ3n) is 4.33. The number of aromatic nitrogens is 1. The summed E-state index contributed by atoms with van der Waals surface area (Å²) < 4.78 is 8.39. The average molecular weight is 1010 g/mol. The van der Waals surface area contributed by atoms with Crippen LogP contribution in [0, 0.1) is 14.1 Å². The van der Waals surface area contributed by atoms with Crippen LogP contribution in [-0.2, 0) is 0 Å². The molecule has 0 amide bonds. The van der Waals surface area contributed by atoms with Crippen molar-refractivity contribution >= 4 is 157 Å². The average Bonchev–Trinajstić information content (AvgIpc) is 3.29. The Kier molecular flexibility index (Phi) is 15.6. The third kappa shape index (κ3) is 11.4. The van der Waals surface area contributed by atoms with Crippen LogP contribution < -0.4 is 5.73 Å². The minimum Gasteiger partial charge on any atom is -0.398 e. The van der Waals surface area contributed by atoms with Gasteiger partial charge in [0.15, 0.2) is 3.95 Å². The Labute approximate surface area is 293 Å². The first-order valence-electron chi connectivity index (χ1n) is 10.4. The van der Waals surface area contributed by atoms with Crippen molar-refractivity contribution < 1.29 is 4.92 Å². The molecular weight excluding hydrogens is 998 g/mol. The van der Waals surface area contributed by atoms with E-state index in [0.29, 0.717) is 8.95 Å². The maximum absolute atomic E-state index is 10.3. The highest BCUT2D eigenvalue weighted by Crippen LogP contribution is 2.31. The van der Waals surface area contributed by atoms with Crippen LogP contribution in [-0.4, -0.2) is 9.91 Å². The van der Waals surface area contributed by atoms with Crippen LogP contribution in [0.15, 0.2) is 110 Å². The van der Waals surface area contributed by atoms with Gasteiger partial charge in [-0.1, -0.05) is 30.3 Å². The number of H-pyrrole nitrogens is 1. The molecule has 5 rings (SSSR count). The molecule has 0 aliphatic heterocycles. The summed E-state index contributed by atoms with van der Waals surface area (Å²) in [6.45, 7) is 0. The van der Waals surface area contributed by atoms with Gasteiger partial charge in [0.05, 0.1) is 19.6 Å². The Bertz CT molecular complexity index is 1590. The summed E-state index contributed by atoms with van der Waals surface area (Å²) in [5, 5.41) is 10.3. The molecule has 0 saturated carbocycles. The predicted molar refractivity (Wildman–Crippen MR) is 191 cm³/mol. The van der Waals surface area contributed by atoms with E-state index in [1.54, 1.807) is 23.5 Å². The number of nitrogens with one attached hydrogen (secondary N) is 1. The zero-order valence-corrected chi connectivity index (χ0v) is 32.0. The summed E-state index contributed by atoms with van der Waals surface area (Å²) in [5.74, 6) is 0. The summed E-state index contributed by atoms with van der Waals surface area (Å²) in [7, 11) is 0. The van der Waals surface area contributed by atoms with Gasteiger partial charge in [0, 0.05) is 34.1 Å². The first kappa shape index (κ1) is 34.7. The maximum Gasteiger partial charge on any atom is 0.284 e. The fourth-order valence-electron chi connectivity index (χ4n) is 2.53. The number of benzene rings is 4. The van der Waals surface area contributed by atoms with Crippen molar-refractivity contribution in [1.82, 2.24) is 4.98 Å². The molecule has 3 N–H and O–H groups in total. The molecule has 0 unspecified atom stereocenters. The van der Waals surface area contributed by atoms with E-state index in [9.17, 15) is 10.1 Å². The van der Waals surface area contributed by atoms with Gasteiger partial charge < -0.3 is 10.7 Å². The van der Waals surface area contributed by atoms with Crippen LogP contribution in [0.25, 0.3) is 10.2 Å². The molecule has 0 aliphatic rings. The van der Waals surface area contributed by atoms with E-state index in [0.717, 1.165) is 37.5 Å². The van der Waals surface area contributed by atoms with Crippen molar-refractivity contribution in [3.63, 3.8) is 0 Å². The van der Waals surface area contributed by atoms with Gasteiger partial charge in [0.25, 0.3) is 5.69 Å². The van der Waals surface area contributed by atoms with Gasteiger partial charge in [0.1, 0.15) is 4.47 Å².